The highest BCUT2D eigenvalue weighted by atomic mass is 19.1. The molecule has 0 saturated heterocycles. The molecule has 0 aliphatic carbocycles. The van der Waals surface area contributed by atoms with Crippen LogP contribution in [0.3, 0.4) is 0 Å². The second-order valence-electron chi connectivity index (χ2n) is 4.88. The number of rotatable bonds is 8. The van der Waals surface area contributed by atoms with Gasteiger partial charge in [-0.2, -0.15) is 0 Å². The molecule has 0 aromatic carbocycles. The third-order valence-corrected chi connectivity index (χ3v) is 2.54. The Morgan fingerprint density at radius 2 is 2.25 bits per heavy atom. The topological polar surface area (TPSA) is 63.2 Å². The number of nitrogens with zero attached hydrogens (tertiary/aromatic N) is 1. The molecule has 1 rings (SSSR count). The summed E-state index contributed by atoms with van der Waals surface area (Å²) in [5.74, 6) is -0.0132. The van der Waals surface area contributed by atoms with E-state index in [1.165, 1.54) is 6.07 Å². The van der Waals surface area contributed by atoms with Crippen molar-refractivity contribution < 1.29 is 13.9 Å². The third kappa shape index (κ3) is 5.52. The predicted molar refractivity (Wildman–Crippen MR) is 76.3 cm³/mol. The van der Waals surface area contributed by atoms with Gasteiger partial charge in [-0.05, 0) is 18.4 Å². The largest absolute Gasteiger partial charge is 0.381 e. The van der Waals surface area contributed by atoms with Crippen molar-refractivity contribution in [1.82, 2.24) is 10.3 Å². The minimum Gasteiger partial charge on any atom is -0.381 e. The molecule has 0 saturated carbocycles. The molecule has 20 heavy (non-hydrogen) atoms. The normalized spacial score (nSPS) is 10.7. The zero-order valence-electron chi connectivity index (χ0n) is 12.2. The zero-order chi connectivity index (χ0) is 15.0. The number of ether oxygens (including phenoxy) is 1. The molecule has 5 nitrogen and oxygen atoms in total. The van der Waals surface area contributed by atoms with Gasteiger partial charge in [0.2, 0.25) is 0 Å². The molecular formula is C14H22FN3O2. The average molecular weight is 283 g/mol. The Hall–Kier alpha value is -1.69. The molecule has 0 radical (unpaired) electrons. The molecule has 6 heteroatoms. The summed E-state index contributed by atoms with van der Waals surface area (Å²) in [6.45, 7) is 5.96. The Bertz CT molecular complexity index is 438. The first-order valence-electron chi connectivity index (χ1n) is 6.73. The van der Waals surface area contributed by atoms with Crippen LogP contribution in [0.5, 0.6) is 0 Å². The second kappa shape index (κ2) is 8.47. The van der Waals surface area contributed by atoms with E-state index in [0.717, 1.165) is 12.6 Å². The lowest BCUT2D eigenvalue weighted by Gasteiger charge is -2.10. The van der Waals surface area contributed by atoms with Crippen molar-refractivity contribution in [3.05, 3.63) is 23.6 Å². The molecule has 1 heterocycles. The summed E-state index contributed by atoms with van der Waals surface area (Å²) in [5, 5.41) is 5.49. The van der Waals surface area contributed by atoms with E-state index in [9.17, 15) is 9.18 Å². The molecule has 1 amide bonds. The van der Waals surface area contributed by atoms with Crippen LogP contribution < -0.4 is 10.6 Å². The van der Waals surface area contributed by atoms with Crippen LogP contribution >= 0.6 is 0 Å². The van der Waals surface area contributed by atoms with Gasteiger partial charge in [-0.25, -0.2) is 9.37 Å². The molecule has 1 aromatic rings. The van der Waals surface area contributed by atoms with Gasteiger partial charge in [-0.1, -0.05) is 13.8 Å². The number of amides is 1. The summed E-state index contributed by atoms with van der Waals surface area (Å²) in [6.07, 6.45) is 1.79. The smallest absolute Gasteiger partial charge is 0.255 e. The molecule has 0 bridgehead atoms. The van der Waals surface area contributed by atoms with Gasteiger partial charge in [-0.15, -0.1) is 0 Å². The SMILES string of the molecule is CNc1ncc(F)cc1C(=O)NCCCOCC(C)C. The first-order chi connectivity index (χ1) is 9.54. The third-order valence-electron chi connectivity index (χ3n) is 2.54. The molecule has 112 valence electrons. The molecule has 0 fully saturated rings. The van der Waals surface area contributed by atoms with Crippen molar-refractivity contribution in [3.8, 4) is 0 Å². The Kier molecular flexibility index (Phi) is 6.93. The van der Waals surface area contributed by atoms with Crippen LogP contribution in [0.4, 0.5) is 10.2 Å². The fourth-order valence-corrected chi connectivity index (χ4v) is 1.60. The minimum atomic E-state index is -0.533. The lowest BCUT2D eigenvalue weighted by Crippen LogP contribution is -2.26. The van der Waals surface area contributed by atoms with E-state index in [0.29, 0.717) is 31.5 Å². The van der Waals surface area contributed by atoms with Gasteiger partial charge in [0.15, 0.2) is 0 Å². The van der Waals surface area contributed by atoms with E-state index in [1.54, 1.807) is 7.05 Å². The maximum atomic E-state index is 13.1. The fraction of sp³-hybridized carbons (Fsp3) is 0.571. The Labute approximate surface area is 118 Å². The maximum absolute atomic E-state index is 13.1. The number of pyridine rings is 1. The number of aromatic nitrogens is 1. The highest BCUT2D eigenvalue weighted by Crippen LogP contribution is 2.12. The van der Waals surface area contributed by atoms with Crippen LogP contribution in [0, 0.1) is 11.7 Å². The maximum Gasteiger partial charge on any atom is 0.255 e. The van der Waals surface area contributed by atoms with Crippen LogP contribution in [-0.4, -0.2) is 37.7 Å². The lowest BCUT2D eigenvalue weighted by atomic mass is 10.2. The molecule has 0 spiro atoms. The molecule has 0 aliphatic rings. The van der Waals surface area contributed by atoms with Crippen molar-refractivity contribution in [1.29, 1.82) is 0 Å². The number of hydrogen-bond donors (Lipinski definition) is 2. The standard InChI is InChI=1S/C14H22FN3O2/c1-10(2)9-20-6-4-5-17-14(19)12-7-11(15)8-18-13(12)16-3/h7-8,10H,4-6,9H2,1-3H3,(H,16,18)(H,17,19). The molecule has 0 unspecified atom stereocenters. The van der Waals surface area contributed by atoms with Gasteiger partial charge in [0.1, 0.15) is 11.6 Å². The van der Waals surface area contributed by atoms with Crippen molar-refractivity contribution in [2.24, 2.45) is 5.92 Å². The van der Waals surface area contributed by atoms with E-state index < -0.39 is 5.82 Å². The van der Waals surface area contributed by atoms with Gasteiger partial charge in [-0.3, -0.25) is 4.79 Å². The van der Waals surface area contributed by atoms with E-state index in [1.807, 2.05) is 0 Å². The number of carbonyl (C=O) groups is 1. The fourth-order valence-electron chi connectivity index (χ4n) is 1.60. The molecular weight excluding hydrogens is 261 g/mol. The van der Waals surface area contributed by atoms with Crippen molar-refractivity contribution in [2.45, 2.75) is 20.3 Å². The summed E-state index contributed by atoms with van der Waals surface area (Å²) < 4.78 is 18.5. The number of carbonyl (C=O) groups excluding carboxylic acids is 1. The van der Waals surface area contributed by atoms with Crippen LogP contribution in [0.15, 0.2) is 12.3 Å². The van der Waals surface area contributed by atoms with Crippen LogP contribution in [0.2, 0.25) is 0 Å². The molecule has 1 aromatic heterocycles. The van der Waals surface area contributed by atoms with Crippen LogP contribution in [0.25, 0.3) is 0 Å². The number of hydrogen-bond acceptors (Lipinski definition) is 4. The quantitative estimate of drug-likeness (QED) is 0.717. The molecule has 0 atom stereocenters. The Morgan fingerprint density at radius 3 is 2.90 bits per heavy atom. The minimum absolute atomic E-state index is 0.204. The number of halogens is 1. The monoisotopic (exact) mass is 283 g/mol. The Morgan fingerprint density at radius 1 is 1.50 bits per heavy atom. The predicted octanol–water partition coefficient (Wildman–Crippen LogP) is 2.05. The average Bonchev–Trinajstić information content (AvgIpc) is 2.42. The summed E-state index contributed by atoms with van der Waals surface area (Å²) in [4.78, 5) is 15.7. The van der Waals surface area contributed by atoms with E-state index in [-0.39, 0.29) is 11.5 Å². The highest BCUT2D eigenvalue weighted by molar-refractivity contribution is 5.98. The lowest BCUT2D eigenvalue weighted by molar-refractivity contribution is 0.0925. The summed E-state index contributed by atoms with van der Waals surface area (Å²) in [7, 11) is 1.64. The first kappa shape index (κ1) is 16.4. The van der Waals surface area contributed by atoms with Gasteiger partial charge < -0.3 is 15.4 Å². The number of anilines is 1. The van der Waals surface area contributed by atoms with Crippen LogP contribution in [0.1, 0.15) is 30.6 Å². The van der Waals surface area contributed by atoms with Gasteiger partial charge in [0.25, 0.3) is 5.91 Å². The molecule has 0 aliphatic heterocycles. The first-order valence-corrected chi connectivity index (χ1v) is 6.73. The Balaban J connectivity index is 2.37. The highest BCUT2D eigenvalue weighted by Gasteiger charge is 2.12. The summed E-state index contributed by atoms with van der Waals surface area (Å²) >= 11 is 0. The van der Waals surface area contributed by atoms with Crippen molar-refractivity contribution in [3.63, 3.8) is 0 Å². The number of nitrogens with one attached hydrogen (secondary N) is 2. The van der Waals surface area contributed by atoms with E-state index in [4.69, 9.17) is 4.74 Å². The van der Waals surface area contributed by atoms with E-state index in [2.05, 4.69) is 29.5 Å². The summed E-state index contributed by atoms with van der Waals surface area (Å²) in [5.41, 5.74) is 0.204. The van der Waals surface area contributed by atoms with Gasteiger partial charge in [0.05, 0.1) is 11.8 Å². The van der Waals surface area contributed by atoms with Gasteiger partial charge >= 0.3 is 0 Å². The van der Waals surface area contributed by atoms with Crippen LogP contribution in [-0.2, 0) is 4.74 Å². The van der Waals surface area contributed by atoms with Crippen molar-refractivity contribution >= 4 is 11.7 Å². The zero-order valence-corrected chi connectivity index (χ0v) is 12.2. The van der Waals surface area contributed by atoms with Crippen molar-refractivity contribution in [2.75, 3.05) is 32.1 Å². The van der Waals surface area contributed by atoms with E-state index >= 15 is 0 Å². The molecule has 2 N–H and O–H groups in total. The summed E-state index contributed by atoms with van der Waals surface area (Å²) in [6, 6.07) is 1.17. The van der Waals surface area contributed by atoms with Gasteiger partial charge in [0, 0.05) is 26.8 Å². The second-order valence-corrected chi connectivity index (χ2v) is 4.88.